The number of likely N-dealkylation sites (N-methyl/N-ethyl adjacent to an activating group) is 1. The van der Waals surface area contributed by atoms with Gasteiger partial charge < -0.3 is 15.0 Å². The van der Waals surface area contributed by atoms with Gasteiger partial charge in [0.25, 0.3) is 0 Å². The van der Waals surface area contributed by atoms with Crippen LogP contribution in [0.4, 0.5) is 0 Å². The van der Waals surface area contributed by atoms with E-state index in [9.17, 15) is 4.79 Å². The molecule has 0 radical (unpaired) electrons. The van der Waals surface area contributed by atoms with Crippen LogP contribution in [0.2, 0.25) is 0 Å². The zero-order chi connectivity index (χ0) is 12.7. The van der Waals surface area contributed by atoms with Gasteiger partial charge in [0.15, 0.2) is 0 Å². The predicted octanol–water partition coefficient (Wildman–Crippen LogP) is 1.26. The predicted molar refractivity (Wildman–Crippen MR) is 68.9 cm³/mol. The first-order chi connectivity index (χ1) is 8.09. The number of rotatable bonds is 6. The van der Waals surface area contributed by atoms with Gasteiger partial charge in [-0.25, -0.2) is 0 Å². The molecule has 0 aromatic heterocycles. The molecule has 1 rings (SSSR count). The molecule has 1 amide bonds. The molecule has 1 aliphatic rings. The Hall–Kier alpha value is -0.610. The molecule has 1 N–H and O–H groups in total. The molecule has 0 aromatic carbocycles. The third-order valence-electron chi connectivity index (χ3n) is 3.30. The zero-order valence-corrected chi connectivity index (χ0v) is 11.4. The number of ether oxygens (including phenoxy) is 1. The largest absolute Gasteiger partial charge is 0.381 e. The maximum Gasteiger partial charge on any atom is 0.236 e. The van der Waals surface area contributed by atoms with Crippen molar-refractivity contribution in [3.05, 3.63) is 0 Å². The number of hydrogen-bond acceptors (Lipinski definition) is 3. The minimum Gasteiger partial charge on any atom is -0.381 e. The van der Waals surface area contributed by atoms with Gasteiger partial charge in [0, 0.05) is 32.8 Å². The number of carbonyl (C=O) groups excluding carboxylic acids is 1. The summed E-state index contributed by atoms with van der Waals surface area (Å²) in [6, 6.07) is 0.364. The molecule has 1 fully saturated rings. The second-order valence-electron chi connectivity index (χ2n) is 5.20. The van der Waals surface area contributed by atoms with Gasteiger partial charge in [0.1, 0.15) is 0 Å². The SMILES string of the molecule is CC(C)NCC(=O)N(C)CCC1CCOCC1. The highest BCUT2D eigenvalue weighted by atomic mass is 16.5. The molecule has 0 saturated carbocycles. The monoisotopic (exact) mass is 242 g/mol. The quantitative estimate of drug-likeness (QED) is 0.762. The summed E-state index contributed by atoms with van der Waals surface area (Å²) in [5.74, 6) is 0.919. The summed E-state index contributed by atoms with van der Waals surface area (Å²) in [5, 5.41) is 3.15. The van der Waals surface area contributed by atoms with Crippen LogP contribution in [-0.2, 0) is 9.53 Å². The van der Waals surface area contributed by atoms with E-state index in [0.29, 0.717) is 12.6 Å². The fourth-order valence-corrected chi connectivity index (χ4v) is 1.96. The second-order valence-corrected chi connectivity index (χ2v) is 5.20. The van der Waals surface area contributed by atoms with Crippen LogP contribution in [0.5, 0.6) is 0 Å². The summed E-state index contributed by atoms with van der Waals surface area (Å²) in [6.07, 6.45) is 3.39. The first-order valence-corrected chi connectivity index (χ1v) is 6.64. The smallest absolute Gasteiger partial charge is 0.236 e. The molecule has 0 bridgehead atoms. The van der Waals surface area contributed by atoms with E-state index in [1.54, 1.807) is 0 Å². The van der Waals surface area contributed by atoms with Crippen molar-refractivity contribution in [1.29, 1.82) is 0 Å². The van der Waals surface area contributed by atoms with Crippen molar-refractivity contribution in [3.8, 4) is 0 Å². The van der Waals surface area contributed by atoms with Crippen LogP contribution >= 0.6 is 0 Å². The Morgan fingerprint density at radius 2 is 2.06 bits per heavy atom. The summed E-state index contributed by atoms with van der Waals surface area (Å²) < 4.78 is 5.33. The van der Waals surface area contributed by atoms with Crippen LogP contribution < -0.4 is 5.32 Å². The summed E-state index contributed by atoms with van der Waals surface area (Å²) >= 11 is 0. The Morgan fingerprint density at radius 1 is 1.41 bits per heavy atom. The third kappa shape index (κ3) is 6.03. The molecule has 17 heavy (non-hydrogen) atoms. The Balaban J connectivity index is 2.14. The first-order valence-electron chi connectivity index (χ1n) is 6.64. The van der Waals surface area contributed by atoms with E-state index >= 15 is 0 Å². The lowest BCUT2D eigenvalue weighted by Crippen LogP contribution is -2.39. The van der Waals surface area contributed by atoms with Gasteiger partial charge in [-0.1, -0.05) is 13.8 Å². The summed E-state index contributed by atoms with van der Waals surface area (Å²) in [6.45, 7) is 7.18. The number of hydrogen-bond donors (Lipinski definition) is 1. The lowest BCUT2D eigenvalue weighted by atomic mass is 9.96. The number of amides is 1. The number of carbonyl (C=O) groups is 1. The van der Waals surface area contributed by atoms with E-state index in [1.165, 1.54) is 0 Å². The maximum absolute atomic E-state index is 11.8. The van der Waals surface area contributed by atoms with Gasteiger partial charge in [-0.3, -0.25) is 4.79 Å². The van der Waals surface area contributed by atoms with Crippen molar-refractivity contribution in [1.82, 2.24) is 10.2 Å². The van der Waals surface area contributed by atoms with Crippen LogP contribution in [0.1, 0.15) is 33.1 Å². The first kappa shape index (κ1) is 14.5. The fourth-order valence-electron chi connectivity index (χ4n) is 1.96. The molecule has 0 atom stereocenters. The molecule has 0 spiro atoms. The van der Waals surface area contributed by atoms with Crippen molar-refractivity contribution in [2.45, 2.75) is 39.2 Å². The lowest BCUT2D eigenvalue weighted by molar-refractivity contribution is -0.129. The summed E-state index contributed by atoms with van der Waals surface area (Å²) in [7, 11) is 1.89. The second kappa shape index (κ2) is 7.67. The van der Waals surface area contributed by atoms with Gasteiger partial charge in [0.2, 0.25) is 5.91 Å². The molecule has 100 valence electrons. The Kier molecular flexibility index (Phi) is 6.52. The lowest BCUT2D eigenvalue weighted by Gasteiger charge is -2.25. The van der Waals surface area contributed by atoms with Crippen molar-refractivity contribution in [3.63, 3.8) is 0 Å². The van der Waals surface area contributed by atoms with E-state index in [2.05, 4.69) is 19.2 Å². The minimum atomic E-state index is 0.186. The average molecular weight is 242 g/mol. The molecule has 0 unspecified atom stereocenters. The van der Waals surface area contributed by atoms with E-state index in [1.807, 2.05) is 11.9 Å². The normalized spacial score (nSPS) is 17.4. The Morgan fingerprint density at radius 3 is 2.65 bits per heavy atom. The van der Waals surface area contributed by atoms with Gasteiger partial charge in [-0.2, -0.15) is 0 Å². The molecule has 0 aliphatic carbocycles. The zero-order valence-electron chi connectivity index (χ0n) is 11.4. The topological polar surface area (TPSA) is 41.6 Å². The van der Waals surface area contributed by atoms with Crippen LogP contribution in [0.25, 0.3) is 0 Å². The highest BCUT2D eigenvalue weighted by Crippen LogP contribution is 2.18. The molecule has 0 aromatic rings. The van der Waals surface area contributed by atoms with Gasteiger partial charge in [0.05, 0.1) is 6.54 Å². The van der Waals surface area contributed by atoms with Crippen molar-refractivity contribution in [2.75, 3.05) is 33.4 Å². The van der Waals surface area contributed by atoms with Crippen molar-refractivity contribution >= 4 is 5.91 Å². The van der Waals surface area contributed by atoms with Crippen LogP contribution in [-0.4, -0.2) is 50.2 Å². The highest BCUT2D eigenvalue weighted by Gasteiger charge is 2.16. The Bertz CT molecular complexity index is 225. The number of nitrogens with one attached hydrogen (secondary N) is 1. The van der Waals surface area contributed by atoms with E-state index in [0.717, 1.165) is 44.9 Å². The summed E-state index contributed by atoms with van der Waals surface area (Å²) in [5.41, 5.74) is 0. The van der Waals surface area contributed by atoms with Gasteiger partial charge in [-0.15, -0.1) is 0 Å². The molecular formula is C13H26N2O2. The van der Waals surface area contributed by atoms with Crippen LogP contribution in [0.15, 0.2) is 0 Å². The fraction of sp³-hybridized carbons (Fsp3) is 0.923. The minimum absolute atomic E-state index is 0.186. The average Bonchev–Trinajstić information content (AvgIpc) is 2.34. The summed E-state index contributed by atoms with van der Waals surface area (Å²) in [4.78, 5) is 13.6. The number of nitrogens with zero attached hydrogens (tertiary/aromatic N) is 1. The van der Waals surface area contributed by atoms with Crippen LogP contribution in [0, 0.1) is 5.92 Å². The van der Waals surface area contributed by atoms with E-state index in [-0.39, 0.29) is 5.91 Å². The Labute approximate surface area is 105 Å². The van der Waals surface area contributed by atoms with E-state index in [4.69, 9.17) is 4.74 Å². The van der Waals surface area contributed by atoms with Gasteiger partial charge >= 0.3 is 0 Å². The molecule has 1 saturated heterocycles. The standard InChI is InChI=1S/C13H26N2O2/c1-11(2)14-10-13(16)15(3)7-4-12-5-8-17-9-6-12/h11-12,14H,4-10H2,1-3H3. The van der Waals surface area contributed by atoms with E-state index < -0.39 is 0 Å². The van der Waals surface area contributed by atoms with Crippen LogP contribution in [0.3, 0.4) is 0 Å². The molecular weight excluding hydrogens is 216 g/mol. The molecule has 4 nitrogen and oxygen atoms in total. The third-order valence-corrected chi connectivity index (χ3v) is 3.30. The maximum atomic E-state index is 11.8. The molecule has 1 heterocycles. The highest BCUT2D eigenvalue weighted by molar-refractivity contribution is 5.77. The van der Waals surface area contributed by atoms with Crippen molar-refractivity contribution in [2.24, 2.45) is 5.92 Å². The molecule has 4 heteroatoms. The van der Waals surface area contributed by atoms with Gasteiger partial charge in [-0.05, 0) is 25.2 Å². The van der Waals surface area contributed by atoms with Crippen molar-refractivity contribution < 1.29 is 9.53 Å². The molecule has 1 aliphatic heterocycles.